The molecule has 0 bridgehead atoms. The molecule has 16 heavy (non-hydrogen) atoms. The van der Waals surface area contributed by atoms with Crippen LogP contribution in [-0.2, 0) is 4.74 Å². The third-order valence-electron chi connectivity index (χ3n) is 2.25. The first-order chi connectivity index (χ1) is 7.63. The van der Waals surface area contributed by atoms with Crippen LogP contribution in [0.2, 0.25) is 0 Å². The summed E-state index contributed by atoms with van der Waals surface area (Å²) in [5.74, 6) is -0.384. The van der Waals surface area contributed by atoms with Crippen molar-refractivity contribution in [1.82, 2.24) is 14.6 Å². The Balaban J connectivity index is 2.62. The molecule has 0 saturated carbocycles. The molecule has 0 saturated heterocycles. The van der Waals surface area contributed by atoms with E-state index in [0.29, 0.717) is 23.6 Å². The number of carbonyl (C=O) groups is 1. The predicted molar refractivity (Wildman–Crippen MR) is 58.4 cm³/mol. The molecule has 0 N–H and O–H groups in total. The number of esters is 1. The SMILES string of the molecule is CCOC(=O)c1c(C)nc2ccc(C)nn12. The predicted octanol–water partition coefficient (Wildman–Crippen LogP) is 1.52. The molecule has 2 aromatic heterocycles. The second kappa shape index (κ2) is 3.92. The second-order valence-electron chi connectivity index (χ2n) is 3.51. The van der Waals surface area contributed by atoms with Crippen molar-refractivity contribution >= 4 is 11.6 Å². The summed E-state index contributed by atoms with van der Waals surface area (Å²) in [7, 11) is 0. The van der Waals surface area contributed by atoms with E-state index in [4.69, 9.17) is 4.74 Å². The van der Waals surface area contributed by atoms with Crippen molar-refractivity contribution in [2.75, 3.05) is 6.61 Å². The number of hydrogen-bond donors (Lipinski definition) is 0. The third kappa shape index (κ3) is 1.64. The van der Waals surface area contributed by atoms with Crippen molar-refractivity contribution in [1.29, 1.82) is 0 Å². The fourth-order valence-corrected chi connectivity index (χ4v) is 1.57. The molecule has 0 unspecified atom stereocenters. The first-order valence-corrected chi connectivity index (χ1v) is 5.13. The number of carbonyl (C=O) groups excluding carboxylic acids is 1. The van der Waals surface area contributed by atoms with Gasteiger partial charge in [-0.05, 0) is 32.9 Å². The second-order valence-corrected chi connectivity index (χ2v) is 3.51. The van der Waals surface area contributed by atoms with Crippen LogP contribution in [0.5, 0.6) is 0 Å². The van der Waals surface area contributed by atoms with E-state index in [1.165, 1.54) is 4.52 Å². The highest BCUT2D eigenvalue weighted by Gasteiger charge is 2.18. The van der Waals surface area contributed by atoms with Crippen molar-refractivity contribution in [2.45, 2.75) is 20.8 Å². The molecular weight excluding hydrogens is 206 g/mol. The molecule has 0 aromatic carbocycles. The Morgan fingerprint density at radius 2 is 2.19 bits per heavy atom. The molecule has 5 heteroatoms. The smallest absolute Gasteiger partial charge is 0.358 e. The lowest BCUT2D eigenvalue weighted by Crippen LogP contribution is -2.11. The highest BCUT2D eigenvalue weighted by atomic mass is 16.5. The van der Waals surface area contributed by atoms with Gasteiger partial charge in [0.25, 0.3) is 0 Å². The molecule has 0 aliphatic rings. The van der Waals surface area contributed by atoms with E-state index < -0.39 is 0 Å². The Hall–Kier alpha value is -1.91. The van der Waals surface area contributed by atoms with Crippen molar-refractivity contribution in [3.05, 3.63) is 29.2 Å². The third-order valence-corrected chi connectivity index (χ3v) is 2.25. The van der Waals surface area contributed by atoms with Crippen LogP contribution in [0.3, 0.4) is 0 Å². The van der Waals surface area contributed by atoms with E-state index in [1.54, 1.807) is 13.8 Å². The fourth-order valence-electron chi connectivity index (χ4n) is 1.57. The number of nitrogens with zero attached hydrogens (tertiary/aromatic N) is 3. The summed E-state index contributed by atoms with van der Waals surface area (Å²) in [5.41, 5.74) is 2.53. The van der Waals surface area contributed by atoms with Gasteiger partial charge in [0, 0.05) is 0 Å². The van der Waals surface area contributed by atoms with Crippen LogP contribution >= 0.6 is 0 Å². The monoisotopic (exact) mass is 219 g/mol. The maximum atomic E-state index is 11.7. The van der Waals surface area contributed by atoms with Crippen molar-refractivity contribution < 1.29 is 9.53 Å². The van der Waals surface area contributed by atoms with Gasteiger partial charge in [-0.3, -0.25) is 0 Å². The first-order valence-electron chi connectivity index (χ1n) is 5.13. The number of rotatable bonds is 2. The molecule has 0 fully saturated rings. The van der Waals surface area contributed by atoms with Gasteiger partial charge in [0.1, 0.15) is 0 Å². The van der Waals surface area contributed by atoms with Crippen molar-refractivity contribution in [3.63, 3.8) is 0 Å². The number of hydrogen-bond acceptors (Lipinski definition) is 4. The van der Waals surface area contributed by atoms with Gasteiger partial charge in [-0.15, -0.1) is 0 Å². The standard InChI is InChI=1S/C11H13N3O2/c1-4-16-11(15)10-8(3)12-9-6-5-7(2)13-14(9)10/h5-6H,4H2,1-3H3. The highest BCUT2D eigenvalue weighted by Crippen LogP contribution is 2.12. The average molecular weight is 219 g/mol. The first kappa shape index (κ1) is 10.6. The van der Waals surface area contributed by atoms with Crippen LogP contribution in [0.15, 0.2) is 12.1 Å². The Bertz CT molecular complexity index is 545. The molecule has 0 radical (unpaired) electrons. The number of aromatic nitrogens is 3. The zero-order valence-electron chi connectivity index (χ0n) is 9.52. The van der Waals surface area contributed by atoms with Crippen LogP contribution in [-0.4, -0.2) is 27.2 Å². The largest absolute Gasteiger partial charge is 0.461 e. The number of imidazole rings is 1. The molecule has 0 aliphatic heterocycles. The van der Waals surface area contributed by atoms with E-state index in [2.05, 4.69) is 10.1 Å². The van der Waals surface area contributed by atoms with Gasteiger partial charge in [-0.25, -0.2) is 14.3 Å². The zero-order chi connectivity index (χ0) is 11.7. The summed E-state index contributed by atoms with van der Waals surface area (Å²) >= 11 is 0. The fraction of sp³-hybridized carbons (Fsp3) is 0.364. The van der Waals surface area contributed by atoms with Crippen molar-refractivity contribution in [3.8, 4) is 0 Å². The van der Waals surface area contributed by atoms with E-state index in [0.717, 1.165) is 5.69 Å². The van der Waals surface area contributed by atoms with Gasteiger partial charge >= 0.3 is 5.97 Å². The zero-order valence-corrected chi connectivity index (χ0v) is 9.52. The van der Waals surface area contributed by atoms with E-state index in [-0.39, 0.29) is 5.97 Å². The molecule has 0 aliphatic carbocycles. The average Bonchev–Trinajstić information content (AvgIpc) is 2.53. The Kier molecular flexibility index (Phi) is 2.60. The van der Waals surface area contributed by atoms with Gasteiger partial charge in [-0.2, -0.15) is 5.10 Å². The molecule has 2 aromatic rings. The molecule has 0 atom stereocenters. The van der Waals surface area contributed by atoms with E-state index >= 15 is 0 Å². The molecule has 0 amide bonds. The maximum Gasteiger partial charge on any atom is 0.358 e. The van der Waals surface area contributed by atoms with Crippen LogP contribution in [0.4, 0.5) is 0 Å². The lowest BCUT2D eigenvalue weighted by atomic mass is 10.3. The number of ether oxygens (including phenoxy) is 1. The van der Waals surface area contributed by atoms with Crippen LogP contribution in [0, 0.1) is 13.8 Å². The summed E-state index contributed by atoms with van der Waals surface area (Å²) in [4.78, 5) is 16.0. The lowest BCUT2D eigenvalue weighted by Gasteiger charge is -2.02. The number of aryl methyl sites for hydroxylation is 2. The molecule has 84 valence electrons. The Labute approximate surface area is 93.1 Å². The Morgan fingerprint density at radius 1 is 1.44 bits per heavy atom. The lowest BCUT2D eigenvalue weighted by molar-refractivity contribution is 0.0516. The molecule has 5 nitrogen and oxygen atoms in total. The van der Waals surface area contributed by atoms with E-state index in [1.807, 2.05) is 19.1 Å². The summed E-state index contributed by atoms with van der Waals surface area (Å²) in [6, 6.07) is 3.69. The van der Waals surface area contributed by atoms with Crippen molar-refractivity contribution in [2.24, 2.45) is 0 Å². The Morgan fingerprint density at radius 3 is 2.88 bits per heavy atom. The molecule has 2 rings (SSSR count). The normalized spacial score (nSPS) is 10.7. The molecule has 0 spiro atoms. The van der Waals surface area contributed by atoms with Gasteiger partial charge in [0.2, 0.25) is 0 Å². The molecule has 2 heterocycles. The summed E-state index contributed by atoms with van der Waals surface area (Å²) in [6.07, 6.45) is 0. The molecular formula is C11H13N3O2. The summed E-state index contributed by atoms with van der Waals surface area (Å²) < 4.78 is 6.51. The van der Waals surface area contributed by atoms with E-state index in [9.17, 15) is 4.79 Å². The summed E-state index contributed by atoms with van der Waals surface area (Å²) in [6.45, 7) is 5.76. The van der Waals surface area contributed by atoms with Gasteiger partial charge in [-0.1, -0.05) is 0 Å². The van der Waals surface area contributed by atoms with Gasteiger partial charge in [0.05, 0.1) is 18.0 Å². The minimum atomic E-state index is -0.384. The van der Waals surface area contributed by atoms with Gasteiger partial charge in [0.15, 0.2) is 11.3 Å². The van der Waals surface area contributed by atoms with Crippen LogP contribution in [0.25, 0.3) is 5.65 Å². The maximum absolute atomic E-state index is 11.7. The minimum Gasteiger partial charge on any atom is -0.461 e. The van der Waals surface area contributed by atoms with Crippen LogP contribution < -0.4 is 0 Å². The highest BCUT2D eigenvalue weighted by molar-refractivity contribution is 5.89. The minimum absolute atomic E-state index is 0.345. The number of fused-ring (bicyclic) bond motifs is 1. The summed E-state index contributed by atoms with van der Waals surface area (Å²) in [5, 5.41) is 4.25. The van der Waals surface area contributed by atoms with Crippen LogP contribution in [0.1, 0.15) is 28.8 Å². The topological polar surface area (TPSA) is 56.5 Å². The quantitative estimate of drug-likeness (QED) is 0.718. The van der Waals surface area contributed by atoms with Gasteiger partial charge < -0.3 is 4.74 Å².